The van der Waals surface area contributed by atoms with Gasteiger partial charge < -0.3 is 5.11 Å². The van der Waals surface area contributed by atoms with E-state index in [0.717, 1.165) is 12.1 Å². The van der Waals surface area contributed by atoms with Gasteiger partial charge in [-0.05, 0) is 25.0 Å². The maximum Gasteiger partial charge on any atom is 0.335 e. The number of sulfonamides is 1. The Morgan fingerprint density at radius 2 is 2.00 bits per heavy atom. The van der Waals surface area contributed by atoms with E-state index in [-0.39, 0.29) is 22.9 Å². The van der Waals surface area contributed by atoms with Crippen LogP contribution in [0.2, 0.25) is 0 Å². The molecule has 0 aliphatic carbocycles. The molecule has 1 aromatic rings. The summed E-state index contributed by atoms with van der Waals surface area (Å²) in [5.41, 5.74) is -0.491. The van der Waals surface area contributed by atoms with Gasteiger partial charge in [-0.3, -0.25) is 0 Å². The van der Waals surface area contributed by atoms with Crippen LogP contribution in [0.1, 0.15) is 29.8 Å². The Bertz CT molecular complexity index is 596. The number of hydrogen-bond donors (Lipinski definition) is 2. The third-order valence-electron chi connectivity index (χ3n) is 2.51. The van der Waals surface area contributed by atoms with Gasteiger partial charge in [0, 0.05) is 12.1 Å². The highest BCUT2D eigenvalue weighted by Crippen LogP contribution is 2.20. The van der Waals surface area contributed by atoms with Crippen LogP contribution >= 0.6 is 0 Å². The molecule has 106 valence electrons. The Morgan fingerprint density at radius 3 is 2.47 bits per heavy atom. The van der Waals surface area contributed by atoms with Crippen molar-refractivity contribution in [2.75, 3.05) is 6.54 Å². The molecule has 0 saturated carbocycles. The first-order valence-electron chi connectivity index (χ1n) is 5.68. The van der Waals surface area contributed by atoms with Gasteiger partial charge in [-0.15, -0.1) is 0 Å². The predicted molar refractivity (Wildman–Crippen MR) is 68.1 cm³/mol. The van der Waals surface area contributed by atoms with Gasteiger partial charge in [0.15, 0.2) is 0 Å². The number of carboxylic acids is 1. The van der Waals surface area contributed by atoms with Crippen molar-refractivity contribution in [1.29, 1.82) is 0 Å². The van der Waals surface area contributed by atoms with Crippen molar-refractivity contribution in [3.05, 3.63) is 29.1 Å². The molecule has 0 spiro atoms. The van der Waals surface area contributed by atoms with E-state index in [4.69, 9.17) is 5.11 Å². The first-order valence-corrected chi connectivity index (χ1v) is 7.16. The third-order valence-corrected chi connectivity index (χ3v) is 4.06. The lowest BCUT2D eigenvalue weighted by molar-refractivity contribution is 0.0696. The van der Waals surface area contributed by atoms with Gasteiger partial charge in [0.2, 0.25) is 10.0 Å². The molecule has 1 rings (SSSR count). The predicted octanol–water partition coefficient (Wildman–Crippen LogP) is 1.77. The zero-order valence-corrected chi connectivity index (χ0v) is 11.7. The Kier molecular flexibility index (Phi) is 4.65. The van der Waals surface area contributed by atoms with Crippen LogP contribution < -0.4 is 4.72 Å². The van der Waals surface area contributed by atoms with Crippen LogP contribution in [0.5, 0.6) is 0 Å². The molecule has 0 fully saturated rings. The fraction of sp³-hybridized carbons (Fsp3) is 0.417. The lowest BCUT2D eigenvalue weighted by Gasteiger charge is -2.12. The smallest absolute Gasteiger partial charge is 0.335 e. The summed E-state index contributed by atoms with van der Waals surface area (Å²) in [6, 6.07) is 1.77. The summed E-state index contributed by atoms with van der Waals surface area (Å²) in [5, 5.41) is 8.83. The summed E-state index contributed by atoms with van der Waals surface area (Å²) in [6.45, 7) is 5.14. The Labute approximate surface area is 111 Å². The van der Waals surface area contributed by atoms with E-state index in [0.29, 0.717) is 0 Å². The minimum absolute atomic E-state index is 0.0857. The highest BCUT2D eigenvalue weighted by molar-refractivity contribution is 7.89. The van der Waals surface area contributed by atoms with E-state index in [1.54, 1.807) is 0 Å². The number of hydrogen-bond acceptors (Lipinski definition) is 3. The lowest BCUT2D eigenvalue weighted by atomic mass is 10.1. The number of benzene rings is 1. The molecular formula is C12H16FNO4S. The molecule has 0 atom stereocenters. The van der Waals surface area contributed by atoms with Crippen molar-refractivity contribution >= 4 is 16.0 Å². The van der Waals surface area contributed by atoms with Crippen molar-refractivity contribution in [2.45, 2.75) is 25.7 Å². The lowest BCUT2D eigenvalue weighted by Crippen LogP contribution is -2.28. The second-order valence-corrected chi connectivity index (χ2v) is 6.37. The quantitative estimate of drug-likeness (QED) is 0.865. The third kappa shape index (κ3) is 3.74. The summed E-state index contributed by atoms with van der Waals surface area (Å²) in [4.78, 5) is 10.5. The van der Waals surface area contributed by atoms with Gasteiger partial charge in [0.1, 0.15) is 5.82 Å². The van der Waals surface area contributed by atoms with Gasteiger partial charge in [-0.1, -0.05) is 13.8 Å². The monoisotopic (exact) mass is 289 g/mol. The van der Waals surface area contributed by atoms with Gasteiger partial charge in [-0.2, -0.15) is 0 Å². The Morgan fingerprint density at radius 1 is 1.42 bits per heavy atom. The average Bonchev–Trinajstić information content (AvgIpc) is 2.29. The van der Waals surface area contributed by atoms with Crippen LogP contribution in [0.15, 0.2) is 17.0 Å². The molecule has 0 aliphatic rings. The number of rotatable bonds is 5. The molecule has 0 saturated heterocycles. The van der Waals surface area contributed by atoms with Crippen LogP contribution in [0.25, 0.3) is 0 Å². The van der Waals surface area contributed by atoms with Crippen LogP contribution in [-0.2, 0) is 10.0 Å². The minimum Gasteiger partial charge on any atom is -0.478 e. The summed E-state index contributed by atoms with van der Waals surface area (Å²) < 4.78 is 39.9. The zero-order valence-electron chi connectivity index (χ0n) is 10.9. The van der Waals surface area contributed by atoms with Crippen LogP contribution in [0.3, 0.4) is 0 Å². The molecule has 1 aromatic carbocycles. The summed E-state index contributed by atoms with van der Waals surface area (Å²) in [6.07, 6.45) is 0. The highest BCUT2D eigenvalue weighted by Gasteiger charge is 2.21. The van der Waals surface area contributed by atoms with Crippen molar-refractivity contribution in [2.24, 2.45) is 5.92 Å². The summed E-state index contributed by atoms with van der Waals surface area (Å²) >= 11 is 0. The molecule has 0 amide bonds. The van der Waals surface area contributed by atoms with Crippen molar-refractivity contribution < 1.29 is 22.7 Å². The number of nitrogens with one attached hydrogen (secondary N) is 1. The van der Waals surface area contributed by atoms with E-state index >= 15 is 0 Å². The standard InChI is InChI=1S/C12H16FNO4S/c1-7(2)6-14-19(17,18)11-5-9(12(15)16)4-10(13)8(11)3/h4-5,7,14H,6H2,1-3H3,(H,15,16). The van der Waals surface area contributed by atoms with E-state index in [9.17, 15) is 17.6 Å². The van der Waals surface area contributed by atoms with E-state index in [1.165, 1.54) is 6.92 Å². The molecule has 0 radical (unpaired) electrons. The first-order chi connectivity index (χ1) is 8.65. The number of carboxylic acid groups (broad SMARTS) is 1. The van der Waals surface area contributed by atoms with Gasteiger partial charge in [0.05, 0.1) is 10.5 Å². The molecule has 0 unspecified atom stereocenters. The summed E-state index contributed by atoms with van der Waals surface area (Å²) in [7, 11) is -3.92. The molecule has 0 bridgehead atoms. The summed E-state index contributed by atoms with van der Waals surface area (Å²) in [5.74, 6) is -2.15. The fourth-order valence-corrected chi connectivity index (χ4v) is 2.90. The van der Waals surface area contributed by atoms with E-state index < -0.39 is 27.4 Å². The van der Waals surface area contributed by atoms with Crippen LogP contribution in [0, 0.1) is 18.7 Å². The topological polar surface area (TPSA) is 83.5 Å². The molecule has 2 N–H and O–H groups in total. The van der Waals surface area contributed by atoms with Crippen molar-refractivity contribution in [1.82, 2.24) is 4.72 Å². The van der Waals surface area contributed by atoms with Gasteiger partial charge >= 0.3 is 5.97 Å². The number of halogens is 1. The number of aromatic carboxylic acids is 1. The molecule has 0 aliphatic heterocycles. The minimum atomic E-state index is -3.92. The van der Waals surface area contributed by atoms with Crippen LogP contribution in [-0.4, -0.2) is 26.0 Å². The average molecular weight is 289 g/mol. The molecule has 0 aromatic heterocycles. The van der Waals surface area contributed by atoms with Gasteiger partial charge in [0.25, 0.3) is 0 Å². The largest absolute Gasteiger partial charge is 0.478 e. The van der Waals surface area contributed by atoms with Crippen LogP contribution in [0.4, 0.5) is 4.39 Å². The zero-order chi connectivity index (χ0) is 14.8. The maximum atomic E-state index is 13.6. The molecular weight excluding hydrogens is 273 g/mol. The SMILES string of the molecule is Cc1c(F)cc(C(=O)O)cc1S(=O)(=O)NCC(C)C. The Balaban J connectivity index is 3.29. The van der Waals surface area contributed by atoms with Gasteiger partial charge in [-0.25, -0.2) is 22.3 Å². The van der Waals surface area contributed by atoms with E-state index in [2.05, 4.69) is 4.72 Å². The first kappa shape index (κ1) is 15.6. The second kappa shape index (κ2) is 5.66. The van der Waals surface area contributed by atoms with Crippen molar-refractivity contribution in [3.8, 4) is 0 Å². The second-order valence-electron chi connectivity index (χ2n) is 4.63. The molecule has 5 nitrogen and oxygen atoms in total. The van der Waals surface area contributed by atoms with Crippen molar-refractivity contribution in [3.63, 3.8) is 0 Å². The normalized spacial score (nSPS) is 11.8. The Hall–Kier alpha value is -1.47. The highest BCUT2D eigenvalue weighted by atomic mass is 32.2. The maximum absolute atomic E-state index is 13.6. The molecule has 7 heteroatoms. The number of carbonyl (C=O) groups is 1. The molecule has 19 heavy (non-hydrogen) atoms. The fourth-order valence-electron chi connectivity index (χ4n) is 1.41. The molecule has 0 heterocycles. The van der Waals surface area contributed by atoms with E-state index in [1.807, 2.05) is 13.8 Å².